The smallest absolute Gasteiger partial charge is 0.343 e. The van der Waals surface area contributed by atoms with Crippen LogP contribution in [0.5, 0.6) is 0 Å². The van der Waals surface area contributed by atoms with Crippen LogP contribution in [0.1, 0.15) is 47.2 Å². The van der Waals surface area contributed by atoms with Gasteiger partial charge in [-0.3, -0.25) is 4.79 Å². The SMILES string of the molecule is CCC(=O)c1sc(NCCOC(C)C)c(C(=O)OC)c1N. The van der Waals surface area contributed by atoms with Crippen LogP contribution >= 0.6 is 11.3 Å². The molecule has 1 heterocycles. The molecule has 0 aliphatic carbocycles. The van der Waals surface area contributed by atoms with Crippen molar-refractivity contribution >= 4 is 33.8 Å². The molecule has 118 valence electrons. The van der Waals surface area contributed by atoms with Gasteiger partial charge in [0, 0.05) is 13.0 Å². The quantitative estimate of drug-likeness (QED) is 0.435. The Kier molecular flexibility index (Phi) is 6.64. The van der Waals surface area contributed by atoms with Crippen molar-refractivity contribution in [1.29, 1.82) is 0 Å². The van der Waals surface area contributed by atoms with Gasteiger partial charge < -0.3 is 20.5 Å². The summed E-state index contributed by atoms with van der Waals surface area (Å²) in [6.45, 7) is 6.65. The fraction of sp³-hybridized carbons (Fsp3) is 0.571. The normalized spacial score (nSPS) is 10.7. The molecule has 1 rings (SSSR count). The number of methoxy groups -OCH3 is 1. The molecule has 7 heteroatoms. The molecule has 3 N–H and O–H groups in total. The van der Waals surface area contributed by atoms with Crippen LogP contribution in [-0.4, -0.2) is 38.1 Å². The predicted octanol–water partition coefficient (Wildman–Crippen LogP) is 2.55. The van der Waals surface area contributed by atoms with Gasteiger partial charge in [0.15, 0.2) is 5.78 Å². The summed E-state index contributed by atoms with van der Waals surface area (Å²) in [6.07, 6.45) is 0.471. The molecule has 0 spiro atoms. The average molecular weight is 314 g/mol. The molecule has 0 radical (unpaired) electrons. The number of hydrogen-bond donors (Lipinski definition) is 2. The maximum atomic E-state index is 11.9. The van der Waals surface area contributed by atoms with Gasteiger partial charge in [0.25, 0.3) is 0 Å². The Morgan fingerprint density at radius 2 is 2.05 bits per heavy atom. The number of anilines is 2. The standard InChI is InChI=1S/C14H22N2O4S/c1-5-9(17)12-11(15)10(14(18)19-4)13(21-12)16-6-7-20-8(2)3/h8,16H,5-7,15H2,1-4H3. The first-order chi connectivity index (χ1) is 9.92. The number of nitrogens with one attached hydrogen (secondary N) is 1. The third-order valence-electron chi connectivity index (χ3n) is 2.75. The molecule has 6 nitrogen and oxygen atoms in total. The highest BCUT2D eigenvalue weighted by Gasteiger charge is 2.25. The van der Waals surface area contributed by atoms with Crippen molar-refractivity contribution in [3.05, 3.63) is 10.4 Å². The number of esters is 1. The van der Waals surface area contributed by atoms with Crippen LogP contribution in [0.15, 0.2) is 0 Å². The zero-order chi connectivity index (χ0) is 16.0. The number of nitrogens with two attached hydrogens (primary N) is 1. The van der Waals surface area contributed by atoms with Gasteiger partial charge in [-0.05, 0) is 13.8 Å². The lowest BCUT2D eigenvalue weighted by molar-refractivity contribution is 0.0603. The first-order valence-electron chi connectivity index (χ1n) is 6.81. The van der Waals surface area contributed by atoms with Crippen LogP contribution in [0.2, 0.25) is 0 Å². The van der Waals surface area contributed by atoms with Crippen molar-refractivity contribution < 1.29 is 19.1 Å². The minimum absolute atomic E-state index is 0.0888. The molecule has 0 aromatic carbocycles. The van der Waals surface area contributed by atoms with E-state index in [2.05, 4.69) is 5.32 Å². The van der Waals surface area contributed by atoms with Crippen LogP contribution in [0, 0.1) is 0 Å². The second-order valence-corrected chi connectivity index (χ2v) is 5.68. The van der Waals surface area contributed by atoms with E-state index in [4.69, 9.17) is 15.2 Å². The Labute approximate surface area is 128 Å². The molecular weight excluding hydrogens is 292 g/mol. The molecule has 21 heavy (non-hydrogen) atoms. The molecule has 0 unspecified atom stereocenters. The lowest BCUT2D eigenvalue weighted by Crippen LogP contribution is -2.14. The summed E-state index contributed by atoms with van der Waals surface area (Å²) in [5.74, 6) is -0.639. The van der Waals surface area contributed by atoms with Crippen LogP contribution in [0.3, 0.4) is 0 Å². The highest BCUT2D eigenvalue weighted by molar-refractivity contribution is 7.19. The van der Waals surface area contributed by atoms with Crippen molar-refractivity contribution in [3.63, 3.8) is 0 Å². The second-order valence-electron chi connectivity index (χ2n) is 4.66. The average Bonchev–Trinajstić information content (AvgIpc) is 2.78. The first kappa shape index (κ1) is 17.5. The number of ether oxygens (including phenoxy) is 2. The molecule has 1 aromatic heterocycles. The van der Waals surface area contributed by atoms with Crippen molar-refractivity contribution in [1.82, 2.24) is 0 Å². The van der Waals surface area contributed by atoms with Crippen molar-refractivity contribution in [2.75, 3.05) is 31.3 Å². The van der Waals surface area contributed by atoms with Crippen molar-refractivity contribution in [2.24, 2.45) is 0 Å². The van der Waals surface area contributed by atoms with Gasteiger partial charge in [-0.2, -0.15) is 0 Å². The van der Waals surface area contributed by atoms with E-state index in [0.717, 1.165) is 0 Å². The van der Waals surface area contributed by atoms with Crippen molar-refractivity contribution in [2.45, 2.75) is 33.3 Å². The second kappa shape index (κ2) is 7.99. The van der Waals surface area contributed by atoms with E-state index < -0.39 is 5.97 Å². The molecule has 0 saturated carbocycles. The van der Waals surface area contributed by atoms with E-state index in [1.807, 2.05) is 13.8 Å². The number of carbonyl (C=O) groups is 2. The minimum atomic E-state index is -0.550. The highest BCUT2D eigenvalue weighted by atomic mass is 32.1. The van der Waals surface area contributed by atoms with Gasteiger partial charge in [-0.1, -0.05) is 6.92 Å². The number of ketones is 1. The summed E-state index contributed by atoms with van der Waals surface area (Å²) in [7, 11) is 1.28. The topological polar surface area (TPSA) is 90.6 Å². The Balaban J connectivity index is 2.95. The monoisotopic (exact) mass is 314 g/mol. The summed E-state index contributed by atoms with van der Waals surface area (Å²) >= 11 is 1.18. The van der Waals surface area contributed by atoms with Crippen LogP contribution in [0.4, 0.5) is 10.7 Å². The van der Waals surface area contributed by atoms with E-state index in [9.17, 15) is 9.59 Å². The first-order valence-corrected chi connectivity index (χ1v) is 7.63. The maximum Gasteiger partial charge on any atom is 0.343 e. The summed E-state index contributed by atoms with van der Waals surface area (Å²) < 4.78 is 10.2. The van der Waals surface area contributed by atoms with Gasteiger partial charge >= 0.3 is 5.97 Å². The van der Waals surface area contributed by atoms with Crippen LogP contribution in [0.25, 0.3) is 0 Å². The lowest BCUT2D eigenvalue weighted by Gasteiger charge is -2.09. The molecular formula is C14H22N2O4S. The molecule has 0 fully saturated rings. The summed E-state index contributed by atoms with van der Waals surface area (Å²) in [6, 6.07) is 0. The number of rotatable bonds is 8. The lowest BCUT2D eigenvalue weighted by atomic mass is 10.2. The number of Topliss-reactive ketones (excluding diaryl/α,β-unsaturated/α-hetero) is 1. The van der Waals surface area contributed by atoms with E-state index >= 15 is 0 Å². The highest BCUT2D eigenvalue weighted by Crippen LogP contribution is 2.36. The van der Waals surface area contributed by atoms with E-state index in [1.54, 1.807) is 6.92 Å². The Hall–Kier alpha value is -1.60. The van der Waals surface area contributed by atoms with E-state index in [0.29, 0.717) is 29.5 Å². The van der Waals surface area contributed by atoms with E-state index in [1.165, 1.54) is 18.4 Å². The summed E-state index contributed by atoms with van der Waals surface area (Å²) in [5.41, 5.74) is 6.34. The van der Waals surface area contributed by atoms with E-state index in [-0.39, 0.29) is 23.1 Å². The van der Waals surface area contributed by atoms with Gasteiger partial charge in [0.1, 0.15) is 10.6 Å². The number of nitrogen functional groups attached to an aromatic ring is 1. The maximum absolute atomic E-state index is 11.9. The van der Waals surface area contributed by atoms with Gasteiger partial charge in [-0.25, -0.2) is 4.79 Å². The molecule has 0 atom stereocenters. The molecule has 0 aliphatic rings. The number of hydrogen-bond acceptors (Lipinski definition) is 7. The molecule has 0 bridgehead atoms. The van der Waals surface area contributed by atoms with Crippen LogP contribution < -0.4 is 11.1 Å². The van der Waals surface area contributed by atoms with Crippen molar-refractivity contribution in [3.8, 4) is 0 Å². The number of carbonyl (C=O) groups excluding carboxylic acids is 2. The summed E-state index contributed by atoms with van der Waals surface area (Å²) in [5, 5.41) is 3.63. The zero-order valence-electron chi connectivity index (χ0n) is 12.8. The van der Waals surface area contributed by atoms with Gasteiger partial charge in [0.2, 0.25) is 0 Å². The Bertz CT molecular complexity index is 511. The van der Waals surface area contributed by atoms with Crippen LogP contribution in [-0.2, 0) is 9.47 Å². The molecule has 0 saturated heterocycles. The fourth-order valence-corrected chi connectivity index (χ4v) is 2.84. The zero-order valence-corrected chi connectivity index (χ0v) is 13.6. The largest absolute Gasteiger partial charge is 0.465 e. The third kappa shape index (κ3) is 4.44. The third-order valence-corrected chi connectivity index (χ3v) is 3.95. The number of thiophene rings is 1. The predicted molar refractivity (Wildman–Crippen MR) is 84.3 cm³/mol. The molecule has 1 aromatic rings. The molecule has 0 amide bonds. The fourth-order valence-electron chi connectivity index (χ4n) is 1.70. The minimum Gasteiger partial charge on any atom is -0.465 e. The Morgan fingerprint density at radius 1 is 1.38 bits per heavy atom. The summed E-state index contributed by atoms with van der Waals surface area (Å²) in [4.78, 5) is 24.1. The van der Waals surface area contributed by atoms with Gasteiger partial charge in [-0.15, -0.1) is 11.3 Å². The molecule has 0 aliphatic heterocycles. The Morgan fingerprint density at radius 3 is 2.57 bits per heavy atom. The van der Waals surface area contributed by atoms with Gasteiger partial charge in [0.05, 0.1) is 30.4 Å².